The van der Waals surface area contributed by atoms with Crippen molar-refractivity contribution in [2.45, 2.75) is 155 Å². The number of anilines is 1. The Hall–Kier alpha value is -8.47. The number of aliphatic hydroxyl groups excluding tert-OH is 1. The van der Waals surface area contributed by atoms with Crippen LogP contribution in [0.5, 0.6) is 5.75 Å². The number of alkyl carbamates (subject to hydrolysis) is 1. The molecule has 6 rings (SSSR count). The summed E-state index contributed by atoms with van der Waals surface area (Å²) in [4.78, 5) is 99.1. The highest BCUT2D eigenvalue weighted by molar-refractivity contribution is 7.89. The number of amides is 7. The Morgan fingerprint density at radius 3 is 2.12 bits per heavy atom. The van der Waals surface area contributed by atoms with Crippen molar-refractivity contribution in [1.82, 2.24) is 30.5 Å². The Labute approximate surface area is 557 Å². The van der Waals surface area contributed by atoms with Crippen LogP contribution in [-0.4, -0.2) is 140 Å². The van der Waals surface area contributed by atoms with E-state index >= 15 is 0 Å². The average molecular weight is 1360 g/mol. The molecule has 0 aliphatic carbocycles. The van der Waals surface area contributed by atoms with Gasteiger partial charge in [0.05, 0.1) is 21.6 Å². The lowest BCUT2D eigenvalue weighted by atomic mass is 9.89. The van der Waals surface area contributed by atoms with Crippen molar-refractivity contribution in [3.8, 4) is 16.9 Å². The van der Waals surface area contributed by atoms with Gasteiger partial charge in [-0.15, -0.1) is 0 Å². The third kappa shape index (κ3) is 21.8. The van der Waals surface area contributed by atoms with Gasteiger partial charge in [-0.25, -0.2) is 31.8 Å². The highest BCUT2D eigenvalue weighted by atomic mass is 32.2. The summed E-state index contributed by atoms with van der Waals surface area (Å²) in [6.07, 6.45) is 4.65. The van der Waals surface area contributed by atoms with Crippen LogP contribution < -0.4 is 42.8 Å². The molecule has 2 aliphatic heterocycles. The predicted molar refractivity (Wildman–Crippen MR) is 354 cm³/mol. The standard InChI is InChI=1S/C68H90F4N10O13S/c1-9-28-81(29-10-2)63(87)47-33-50-45(31-46(34-54(50)78-55(73)35-47)44-16-13-17-49(32-44)96(91,92)82-37-43(38-82)39-83)15-11-12-26-76-66(90)93-40-42-19-21-48(22-20-42)77-61(85)53(18-14-27-75-65(74)89)79-62(86)59(41(3)4)80-56(84)23-24-68(7,8)94-30-25-67(5,6)64(88)95-60-57(71)51(69)36-52(70)58(60)72/h13,16-17,19-22,31-34,36,41,43,53,59,83H,9-12,14-15,18,23-30,35,37-40H2,1-8H3,(H2,73,78)(H,76,90)(H,77,85)(H,79,86)(H,80,84)(H3,74,75,89)/t53-,59-/m0/s1. The molecule has 0 saturated carbocycles. The zero-order valence-electron chi connectivity index (χ0n) is 55.6. The second-order valence-corrected chi connectivity index (χ2v) is 27.5. The number of benzene rings is 4. The van der Waals surface area contributed by atoms with Crippen molar-refractivity contribution in [3.05, 3.63) is 112 Å². The summed E-state index contributed by atoms with van der Waals surface area (Å²) in [6.45, 7) is 15.1. The lowest BCUT2D eigenvalue weighted by molar-refractivity contribution is -0.146. The van der Waals surface area contributed by atoms with Crippen LogP contribution in [0.3, 0.4) is 0 Å². The number of urea groups is 1. The number of fused-ring (bicyclic) bond motifs is 1. The van der Waals surface area contributed by atoms with Gasteiger partial charge < -0.3 is 62.3 Å². The first-order valence-electron chi connectivity index (χ1n) is 32.2. The van der Waals surface area contributed by atoms with Crippen LogP contribution in [0.15, 0.2) is 82.2 Å². The van der Waals surface area contributed by atoms with Gasteiger partial charge in [-0.05, 0) is 150 Å². The number of amidine groups is 1. The number of rotatable bonds is 35. The number of sulfonamides is 1. The van der Waals surface area contributed by atoms with Crippen molar-refractivity contribution in [1.29, 1.82) is 0 Å². The molecular weight excluding hydrogens is 1270 g/mol. The number of nitrogens with zero attached hydrogens (tertiary/aromatic N) is 3. The van der Waals surface area contributed by atoms with Crippen molar-refractivity contribution in [3.63, 3.8) is 0 Å². The molecule has 4 aromatic rings. The van der Waals surface area contributed by atoms with Crippen molar-refractivity contribution < 1.29 is 78.9 Å². The molecule has 23 nitrogen and oxygen atoms in total. The van der Waals surface area contributed by atoms with Gasteiger partial charge in [-0.1, -0.05) is 58.0 Å². The number of hydrogen-bond donors (Lipinski definition) is 8. The number of aliphatic imine (C=N–C) groups is 1. The molecule has 96 heavy (non-hydrogen) atoms. The molecule has 0 unspecified atom stereocenters. The van der Waals surface area contributed by atoms with E-state index in [1.54, 1.807) is 70.2 Å². The first kappa shape index (κ1) is 76.5. The third-order valence-electron chi connectivity index (χ3n) is 16.3. The molecule has 0 spiro atoms. The fourth-order valence-corrected chi connectivity index (χ4v) is 12.2. The summed E-state index contributed by atoms with van der Waals surface area (Å²) < 4.78 is 101. The van der Waals surface area contributed by atoms with E-state index < -0.39 is 104 Å². The Bertz CT molecular complexity index is 3590. The summed E-state index contributed by atoms with van der Waals surface area (Å²) >= 11 is 0. The maximum absolute atomic E-state index is 14.2. The SMILES string of the molecule is CCCN(CCC)C(=O)C1=Cc2c(CCCCNC(=O)OCc3ccc(NC(=O)[C@H](CCCNC(N)=O)NC(=O)[C@@H](NC(=O)CCC(C)(C)OCCC(C)(C)C(=O)Oc4c(F)c(F)cc(F)c4F)C(C)C)cc3)cc(-c3cccc(S(=O)(=O)N4CC(CO)C4)c3)cc2N=C(N)C1. The van der Waals surface area contributed by atoms with Gasteiger partial charge in [0.15, 0.2) is 11.6 Å². The van der Waals surface area contributed by atoms with Gasteiger partial charge >= 0.3 is 18.1 Å². The van der Waals surface area contributed by atoms with Crippen molar-refractivity contribution in [2.24, 2.45) is 33.7 Å². The first-order chi connectivity index (χ1) is 45.4. The number of ether oxygens (including phenoxy) is 3. The van der Waals surface area contributed by atoms with Gasteiger partial charge in [-0.3, -0.25) is 24.0 Å². The molecule has 10 N–H and O–H groups in total. The summed E-state index contributed by atoms with van der Waals surface area (Å²) in [6, 6.07) is 13.8. The lowest BCUT2D eigenvalue weighted by Crippen LogP contribution is -2.54. The van der Waals surface area contributed by atoms with Crippen LogP contribution >= 0.6 is 0 Å². The number of nitrogens with one attached hydrogen (secondary N) is 5. The largest absolute Gasteiger partial charge is 0.445 e. The van der Waals surface area contributed by atoms with E-state index in [1.807, 2.05) is 43.0 Å². The summed E-state index contributed by atoms with van der Waals surface area (Å²) in [5, 5.41) is 23.0. The fraction of sp³-hybridized carbons (Fsp3) is 0.500. The van der Waals surface area contributed by atoms with Gasteiger partial charge in [0.25, 0.3) is 0 Å². The van der Waals surface area contributed by atoms with Crippen LogP contribution in [0.1, 0.15) is 136 Å². The molecule has 0 radical (unpaired) electrons. The normalized spacial score (nSPS) is 14.2. The third-order valence-corrected chi connectivity index (χ3v) is 18.2. The van der Waals surface area contributed by atoms with Crippen molar-refractivity contribution in [2.75, 3.05) is 57.8 Å². The van der Waals surface area contributed by atoms with Crippen LogP contribution in [-0.2, 0) is 56.5 Å². The monoisotopic (exact) mass is 1360 g/mol. The molecule has 4 aromatic carbocycles. The predicted octanol–water partition coefficient (Wildman–Crippen LogP) is 8.81. The van der Waals surface area contributed by atoms with E-state index in [4.69, 9.17) is 30.7 Å². The minimum Gasteiger partial charge on any atom is -0.445 e. The highest BCUT2D eigenvalue weighted by Crippen LogP contribution is 2.38. The van der Waals surface area contributed by atoms with E-state index in [1.165, 1.54) is 18.2 Å². The van der Waals surface area contributed by atoms with Gasteiger partial charge in [0.1, 0.15) is 24.5 Å². The van der Waals surface area contributed by atoms with Gasteiger partial charge in [0.2, 0.25) is 51.0 Å². The minimum atomic E-state index is -3.83. The quantitative estimate of drug-likeness (QED) is 0.00702. The Kier molecular flexibility index (Phi) is 27.9. The number of hydrogen-bond acceptors (Lipinski definition) is 15. The summed E-state index contributed by atoms with van der Waals surface area (Å²) in [5.74, 6) is -12.2. The number of aryl methyl sites for hydroxylation is 1. The van der Waals surface area contributed by atoms with Crippen LogP contribution in [0.2, 0.25) is 0 Å². The number of primary amides is 1. The van der Waals surface area contributed by atoms with E-state index in [2.05, 4.69) is 26.6 Å². The maximum Gasteiger partial charge on any atom is 0.407 e. The second kappa shape index (κ2) is 35.0. The summed E-state index contributed by atoms with van der Waals surface area (Å²) in [5.41, 5.74) is 14.2. The number of nitrogens with two attached hydrogens (primary N) is 2. The zero-order chi connectivity index (χ0) is 70.7. The first-order valence-corrected chi connectivity index (χ1v) is 33.6. The molecule has 7 amide bonds. The van der Waals surface area contributed by atoms with E-state index in [-0.39, 0.29) is 113 Å². The molecule has 1 saturated heterocycles. The Morgan fingerprint density at radius 1 is 0.823 bits per heavy atom. The van der Waals surface area contributed by atoms with E-state index in [0.717, 1.165) is 24.0 Å². The zero-order valence-corrected chi connectivity index (χ0v) is 56.5. The molecule has 524 valence electrons. The molecular formula is C68H90F4N10O13S. The minimum absolute atomic E-state index is 0.0110. The number of halogens is 4. The highest BCUT2D eigenvalue weighted by Gasteiger charge is 2.38. The van der Waals surface area contributed by atoms with Crippen molar-refractivity contribution >= 4 is 75.0 Å². The Morgan fingerprint density at radius 2 is 1.49 bits per heavy atom. The molecule has 2 atom stereocenters. The van der Waals surface area contributed by atoms with Gasteiger partial charge in [-0.2, -0.15) is 13.1 Å². The van der Waals surface area contributed by atoms with Gasteiger partial charge in [0, 0.05) is 94.1 Å². The fourth-order valence-electron chi connectivity index (χ4n) is 10.6. The lowest BCUT2D eigenvalue weighted by Gasteiger charge is -2.36. The van der Waals surface area contributed by atoms with E-state index in [0.29, 0.717) is 66.0 Å². The second-order valence-electron chi connectivity index (χ2n) is 25.6. The molecule has 28 heteroatoms. The number of unbranched alkanes of at least 4 members (excludes halogenated alkanes) is 1. The maximum atomic E-state index is 14.2. The van der Waals surface area contributed by atoms with Crippen LogP contribution in [0, 0.1) is 40.5 Å². The number of aliphatic hydroxyl groups is 1. The average Bonchev–Trinajstić information content (AvgIpc) is 1.20. The van der Waals surface area contributed by atoms with Crippen LogP contribution in [0.25, 0.3) is 17.2 Å². The number of carbonyl (C=O) groups excluding carboxylic acids is 7. The smallest absolute Gasteiger partial charge is 0.407 e. The molecule has 1 fully saturated rings. The molecule has 2 aliphatic rings. The topological polar surface area (TPSA) is 333 Å². The van der Waals surface area contributed by atoms with Crippen LogP contribution in [0.4, 0.5) is 38.5 Å². The molecule has 0 aromatic heterocycles. The van der Waals surface area contributed by atoms with E-state index in [9.17, 15) is 64.6 Å². The molecule has 2 heterocycles. The number of carbonyl (C=O) groups is 7. The molecule has 0 bridgehead atoms. The summed E-state index contributed by atoms with van der Waals surface area (Å²) in [7, 11) is -3.83. The Balaban J connectivity index is 1.02. The number of esters is 1.